The van der Waals surface area contributed by atoms with Gasteiger partial charge in [0.15, 0.2) is 11.6 Å². The van der Waals surface area contributed by atoms with Gasteiger partial charge in [-0.15, -0.1) is 0 Å². The number of rotatable bonds is 2. The highest BCUT2D eigenvalue weighted by Crippen LogP contribution is 2.29. The number of nitrogens with zero attached hydrogens (tertiary/aromatic N) is 1. The molecule has 1 aromatic carbocycles. The number of methoxy groups -OCH3 is 1. The monoisotopic (exact) mass is 218 g/mol. The van der Waals surface area contributed by atoms with Gasteiger partial charge in [-0.25, -0.2) is 9.37 Å². The van der Waals surface area contributed by atoms with Crippen molar-refractivity contribution in [1.29, 1.82) is 0 Å². The molecule has 0 saturated carbocycles. The summed E-state index contributed by atoms with van der Waals surface area (Å²) in [5, 5.41) is 0. The molecule has 4 heteroatoms. The molecule has 3 nitrogen and oxygen atoms in total. The van der Waals surface area contributed by atoms with E-state index >= 15 is 0 Å². The van der Waals surface area contributed by atoms with E-state index in [2.05, 4.69) is 4.98 Å². The van der Waals surface area contributed by atoms with Crippen molar-refractivity contribution in [2.75, 3.05) is 12.8 Å². The number of hydrogen-bond donors (Lipinski definition) is 1. The molecule has 2 N–H and O–H groups in total. The van der Waals surface area contributed by atoms with Crippen LogP contribution >= 0.6 is 0 Å². The fraction of sp³-hybridized carbons (Fsp3) is 0.0833. The van der Waals surface area contributed by atoms with Crippen molar-refractivity contribution < 1.29 is 9.13 Å². The Morgan fingerprint density at radius 1 is 1.31 bits per heavy atom. The molecule has 82 valence electrons. The average molecular weight is 218 g/mol. The molecule has 0 aliphatic rings. The molecule has 0 radical (unpaired) electrons. The van der Waals surface area contributed by atoms with Crippen molar-refractivity contribution >= 4 is 5.82 Å². The van der Waals surface area contributed by atoms with Gasteiger partial charge in [-0.3, -0.25) is 0 Å². The first-order chi connectivity index (χ1) is 7.72. The van der Waals surface area contributed by atoms with E-state index in [-0.39, 0.29) is 5.75 Å². The SMILES string of the molecule is COc1cccc(-c2ccnc(N)c2)c1F. The summed E-state index contributed by atoms with van der Waals surface area (Å²) in [5.41, 5.74) is 6.69. The maximum absolute atomic E-state index is 13.9. The van der Waals surface area contributed by atoms with E-state index in [9.17, 15) is 4.39 Å². The Morgan fingerprint density at radius 2 is 2.12 bits per heavy atom. The van der Waals surface area contributed by atoms with Crippen LogP contribution < -0.4 is 10.5 Å². The number of benzene rings is 1. The second kappa shape index (κ2) is 4.18. The second-order valence-electron chi connectivity index (χ2n) is 3.29. The fourth-order valence-electron chi connectivity index (χ4n) is 1.51. The lowest BCUT2D eigenvalue weighted by Crippen LogP contribution is -1.93. The van der Waals surface area contributed by atoms with Gasteiger partial charge in [-0.1, -0.05) is 12.1 Å². The summed E-state index contributed by atoms with van der Waals surface area (Å²) in [6.07, 6.45) is 1.55. The smallest absolute Gasteiger partial charge is 0.172 e. The van der Waals surface area contributed by atoms with Crippen molar-refractivity contribution in [3.63, 3.8) is 0 Å². The van der Waals surface area contributed by atoms with Crippen molar-refractivity contribution in [2.24, 2.45) is 0 Å². The summed E-state index contributed by atoms with van der Waals surface area (Å²) < 4.78 is 18.8. The molecule has 0 bridgehead atoms. The second-order valence-corrected chi connectivity index (χ2v) is 3.29. The van der Waals surface area contributed by atoms with Crippen molar-refractivity contribution in [3.05, 3.63) is 42.3 Å². The predicted octanol–water partition coefficient (Wildman–Crippen LogP) is 2.48. The Labute approximate surface area is 92.7 Å². The predicted molar refractivity (Wildman–Crippen MR) is 60.6 cm³/mol. The van der Waals surface area contributed by atoms with Gasteiger partial charge in [0.2, 0.25) is 0 Å². The minimum Gasteiger partial charge on any atom is -0.494 e. The van der Waals surface area contributed by atoms with Crippen molar-refractivity contribution in [2.45, 2.75) is 0 Å². The lowest BCUT2D eigenvalue weighted by atomic mass is 10.1. The van der Waals surface area contributed by atoms with E-state index in [1.54, 1.807) is 36.5 Å². The van der Waals surface area contributed by atoms with E-state index in [1.165, 1.54) is 7.11 Å². The molecule has 0 aliphatic heterocycles. The molecular weight excluding hydrogens is 207 g/mol. The van der Waals surface area contributed by atoms with Crippen LogP contribution in [0.15, 0.2) is 36.5 Å². The molecule has 0 atom stereocenters. The fourth-order valence-corrected chi connectivity index (χ4v) is 1.51. The first-order valence-corrected chi connectivity index (χ1v) is 4.77. The molecule has 0 aliphatic carbocycles. The number of hydrogen-bond acceptors (Lipinski definition) is 3. The zero-order chi connectivity index (χ0) is 11.5. The van der Waals surface area contributed by atoms with Crippen LogP contribution in [0.2, 0.25) is 0 Å². The lowest BCUT2D eigenvalue weighted by Gasteiger charge is -2.07. The van der Waals surface area contributed by atoms with Crippen LogP contribution in [0.5, 0.6) is 5.75 Å². The highest BCUT2D eigenvalue weighted by Gasteiger charge is 2.10. The van der Waals surface area contributed by atoms with Crippen LogP contribution in [0.4, 0.5) is 10.2 Å². The van der Waals surface area contributed by atoms with Gasteiger partial charge >= 0.3 is 0 Å². The molecular formula is C12H11FN2O. The zero-order valence-corrected chi connectivity index (χ0v) is 8.77. The molecule has 0 fully saturated rings. The van der Waals surface area contributed by atoms with Gasteiger partial charge in [0.1, 0.15) is 5.82 Å². The molecule has 0 saturated heterocycles. The van der Waals surface area contributed by atoms with E-state index in [4.69, 9.17) is 10.5 Å². The molecule has 0 unspecified atom stereocenters. The number of anilines is 1. The third-order valence-corrected chi connectivity index (χ3v) is 2.28. The largest absolute Gasteiger partial charge is 0.494 e. The summed E-state index contributed by atoms with van der Waals surface area (Å²) in [4.78, 5) is 3.86. The van der Waals surface area contributed by atoms with E-state index in [1.807, 2.05) is 0 Å². The van der Waals surface area contributed by atoms with Crippen LogP contribution in [0.1, 0.15) is 0 Å². The van der Waals surface area contributed by atoms with Crippen LogP contribution in [-0.4, -0.2) is 12.1 Å². The first kappa shape index (κ1) is 10.4. The van der Waals surface area contributed by atoms with Gasteiger partial charge in [0, 0.05) is 11.8 Å². The molecule has 2 rings (SSSR count). The molecule has 2 aromatic rings. The Hall–Kier alpha value is -2.10. The highest BCUT2D eigenvalue weighted by atomic mass is 19.1. The van der Waals surface area contributed by atoms with E-state index in [0.717, 1.165) is 0 Å². The van der Waals surface area contributed by atoms with Gasteiger partial charge in [0.25, 0.3) is 0 Å². The van der Waals surface area contributed by atoms with Crippen molar-refractivity contribution in [3.8, 4) is 16.9 Å². The normalized spacial score (nSPS) is 10.1. The Kier molecular flexibility index (Phi) is 2.72. The number of aromatic nitrogens is 1. The van der Waals surface area contributed by atoms with E-state index in [0.29, 0.717) is 16.9 Å². The summed E-state index contributed by atoms with van der Waals surface area (Å²) in [6, 6.07) is 8.30. The molecule has 1 heterocycles. The maximum atomic E-state index is 13.9. The van der Waals surface area contributed by atoms with Crippen LogP contribution in [0.25, 0.3) is 11.1 Å². The van der Waals surface area contributed by atoms with Crippen LogP contribution in [0, 0.1) is 5.82 Å². The minimum atomic E-state index is -0.393. The quantitative estimate of drug-likeness (QED) is 0.842. The number of pyridine rings is 1. The number of ether oxygens (including phenoxy) is 1. The van der Waals surface area contributed by atoms with Crippen molar-refractivity contribution in [1.82, 2.24) is 4.98 Å². The highest BCUT2D eigenvalue weighted by molar-refractivity contribution is 5.67. The third kappa shape index (κ3) is 1.82. The number of nitrogens with two attached hydrogens (primary N) is 1. The lowest BCUT2D eigenvalue weighted by molar-refractivity contribution is 0.387. The first-order valence-electron chi connectivity index (χ1n) is 4.77. The van der Waals surface area contributed by atoms with Gasteiger partial charge in [-0.05, 0) is 23.8 Å². The summed E-state index contributed by atoms with van der Waals surface area (Å²) in [6.45, 7) is 0. The van der Waals surface area contributed by atoms with Gasteiger partial charge < -0.3 is 10.5 Å². The minimum absolute atomic E-state index is 0.216. The summed E-state index contributed by atoms with van der Waals surface area (Å²) >= 11 is 0. The third-order valence-electron chi connectivity index (χ3n) is 2.28. The topological polar surface area (TPSA) is 48.1 Å². The zero-order valence-electron chi connectivity index (χ0n) is 8.77. The molecule has 0 spiro atoms. The average Bonchev–Trinajstić information content (AvgIpc) is 2.29. The molecule has 1 aromatic heterocycles. The number of halogens is 1. The Balaban J connectivity index is 2.56. The van der Waals surface area contributed by atoms with Gasteiger partial charge in [0.05, 0.1) is 7.11 Å². The van der Waals surface area contributed by atoms with Crippen LogP contribution in [-0.2, 0) is 0 Å². The molecule has 0 amide bonds. The number of nitrogen functional groups attached to an aromatic ring is 1. The summed E-state index contributed by atoms with van der Waals surface area (Å²) in [7, 11) is 1.43. The maximum Gasteiger partial charge on any atom is 0.172 e. The van der Waals surface area contributed by atoms with E-state index < -0.39 is 5.82 Å². The Bertz CT molecular complexity index is 514. The summed E-state index contributed by atoms with van der Waals surface area (Å²) in [5.74, 6) is 0.184. The van der Waals surface area contributed by atoms with Crippen LogP contribution in [0.3, 0.4) is 0 Å². The molecule has 16 heavy (non-hydrogen) atoms. The Morgan fingerprint density at radius 3 is 2.81 bits per heavy atom. The van der Waals surface area contributed by atoms with Gasteiger partial charge in [-0.2, -0.15) is 0 Å². The standard InChI is InChI=1S/C12H11FN2O/c1-16-10-4-2-3-9(12(10)13)8-5-6-15-11(14)7-8/h2-7H,1H3,(H2,14,15).